The lowest BCUT2D eigenvalue weighted by molar-refractivity contribution is 0.565. The van der Waals surface area contributed by atoms with Gasteiger partial charge in [-0.05, 0) is 119 Å². The van der Waals surface area contributed by atoms with Gasteiger partial charge in [0.05, 0.1) is 17.8 Å². The van der Waals surface area contributed by atoms with Crippen LogP contribution in [0, 0.1) is 20.8 Å². The first-order chi connectivity index (χ1) is 18.3. The summed E-state index contributed by atoms with van der Waals surface area (Å²) in [6.45, 7) is 12.9. The van der Waals surface area contributed by atoms with E-state index < -0.39 is 0 Å². The molecule has 3 heterocycles. The van der Waals surface area contributed by atoms with E-state index in [1.165, 1.54) is 28.2 Å². The molecule has 196 valence electrons. The summed E-state index contributed by atoms with van der Waals surface area (Å²) in [5.41, 5.74) is 9.26. The van der Waals surface area contributed by atoms with Crippen molar-refractivity contribution in [3.63, 3.8) is 0 Å². The number of aryl methyl sites for hydroxylation is 2. The number of aromatic nitrogens is 2. The average molecular weight is 589 g/mol. The molecule has 2 aromatic heterocycles. The summed E-state index contributed by atoms with van der Waals surface area (Å²) < 4.78 is 3.44. The number of hydrogen-bond donors (Lipinski definition) is 1. The molecule has 1 N–H and O–H groups in total. The van der Waals surface area contributed by atoms with Crippen molar-refractivity contribution in [1.29, 1.82) is 0 Å². The lowest BCUT2D eigenvalue weighted by Gasteiger charge is -2.28. The second-order valence-corrected chi connectivity index (χ2v) is 11.0. The summed E-state index contributed by atoms with van der Waals surface area (Å²) in [6.07, 6.45) is 1.85. The van der Waals surface area contributed by atoms with E-state index in [4.69, 9.17) is 17.2 Å². The molecule has 1 aliphatic rings. The first-order valence-electron chi connectivity index (χ1n) is 13.1. The second kappa shape index (κ2) is 10.9. The van der Waals surface area contributed by atoms with Crippen molar-refractivity contribution in [3.8, 4) is 5.69 Å². The van der Waals surface area contributed by atoms with Gasteiger partial charge in [0.25, 0.3) is 0 Å². The number of nitrogens with one attached hydrogen (secondary N) is 1. The largest absolute Gasteiger partial charge is 0.372 e. The second-order valence-electron chi connectivity index (χ2n) is 9.78. The van der Waals surface area contributed by atoms with Crippen LogP contribution in [-0.2, 0) is 0 Å². The molecule has 5 nitrogen and oxygen atoms in total. The highest BCUT2D eigenvalue weighted by atomic mass is 79.9. The standard InChI is InChI=1S/C31H34BrN5S/c1-6-35(7-2)23-11-13-24(14-12-23)36-21(4)19-26(22(36)5)30-29(28-10-8-9-17-33-28)34-31(38)37(30)25-15-16-27(32)20(3)18-25/h8-19,29-30H,6-7H2,1-5H3,(H,34,38)/t29-,30-/m1/s1. The van der Waals surface area contributed by atoms with E-state index in [0.717, 1.165) is 34.6 Å². The maximum Gasteiger partial charge on any atom is 0.174 e. The molecule has 0 radical (unpaired) electrons. The molecular weight excluding hydrogens is 554 g/mol. The fraction of sp³-hybridized carbons (Fsp3) is 0.290. The number of anilines is 2. The normalized spacial score (nSPS) is 17.1. The van der Waals surface area contributed by atoms with Gasteiger partial charge in [0, 0.05) is 52.2 Å². The van der Waals surface area contributed by atoms with Crippen LogP contribution in [0.2, 0.25) is 0 Å². The monoisotopic (exact) mass is 587 g/mol. The molecule has 2 atom stereocenters. The molecule has 0 bridgehead atoms. The van der Waals surface area contributed by atoms with Crippen molar-refractivity contribution in [2.75, 3.05) is 22.9 Å². The third-order valence-corrected chi connectivity index (χ3v) is 8.75. The summed E-state index contributed by atoms with van der Waals surface area (Å²) in [6, 6.07) is 23.6. The summed E-state index contributed by atoms with van der Waals surface area (Å²) in [4.78, 5) is 9.34. The highest BCUT2D eigenvalue weighted by molar-refractivity contribution is 9.10. The molecule has 0 amide bonds. The number of nitrogens with zero attached hydrogens (tertiary/aromatic N) is 4. The van der Waals surface area contributed by atoms with Crippen LogP contribution in [-0.4, -0.2) is 27.8 Å². The van der Waals surface area contributed by atoms with Gasteiger partial charge in [0.1, 0.15) is 0 Å². The lowest BCUT2D eigenvalue weighted by atomic mass is 9.96. The molecule has 0 spiro atoms. The summed E-state index contributed by atoms with van der Waals surface area (Å²) in [5.74, 6) is 0. The Bertz CT molecular complexity index is 1440. The molecular formula is C31H34BrN5S. The van der Waals surface area contributed by atoms with Crippen LogP contribution in [0.25, 0.3) is 5.69 Å². The van der Waals surface area contributed by atoms with E-state index in [1.807, 2.05) is 18.3 Å². The highest BCUT2D eigenvalue weighted by Crippen LogP contribution is 2.44. The Labute approximate surface area is 239 Å². The lowest BCUT2D eigenvalue weighted by Crippen LogP contribution is -2.29. The van der Waals surface area contributed by atoms with E-state index >= 15 is 0 Å². The van der Waals surface area contributed by atoms with E-state index in [2.05, 4.69) is 125 Å². The molecule has 7 heteroatoms. The topological polar surface area (TPSA) is 36.3 Å². The van der Waals surface area contributed by atoms with Crippen LogP contribution < -0.4 is 15.1 Å². The third kappa shape index (κ3) is 4.74. The molecule has 4 aromatic rings. The Morgan fingerprint density at radius 2 is 1.66 bits per heavy atom. The van der Waals surface area contributed by atoms with Crippen molar-refractivity contribution < 1.29 is 0 Å². The van der Waals surface area contributed by atoms with Gasteiger partial charge < -0.3 is 19.7 Å². The highest BCUT2D eigenvalue weighted by Gasteiger charge is 2.42. The van der Waals surface area contributed by atoms with Crippen molar-refractivity contribution in [1.82, 2.24) is 14.9 Å². The molecule has 1 aliphatic heterocycles. The summed E-state index contributed by atoms with van der Waals surface area (Å²) >= 11 is 9.61. The van der Waals surface area contributed by atoms with Crippen molar-refractivity contribution >= 4 is 44.6 Å². The molecule has 5 rings (SSSR count). The minimum absolute atomic E-state index is 0.0483. The van der Waals surface area contributed by atoms with Crippen LogP contribution in [0.1, 0.15) is 54.1 Å². The molecule has 1 fully saturated rings. The maximum atomic E-state index is 5.95. The maximum absolute atomic E-state index is 5.95. The molecule has 0 saturated carbocycles. The minimum Gasteiger partial charge on any atom is -0.372 e. The van der Waals surface area contributed by atoms with Gasteiger partial charge in [-0.1, -0.05) is 22.0 Å². The predicted octanol–water partition coefficient (Wildman–Crippen LogP) is 7.58. The van der Waals surface area contributed by atoms with Gasteiger partial charge in [0.2, 0.25) is 0 Å². The van der Waals surface area contributed by atoms with Crippen LogP contribution in [0.3, 0.4) is 0 Å². The average Bonchev–Trinajstić information content (AvgIpc) is 3.42. The minimum atomic E-state index is -0.0772. The molecule has 0 aliphatic carbocycles. The van der Waals surface area contributed by atoms with Gasteiger partial charge in [-0.15, -0.1) is 0 Å². The number of hydrogen-bond acceptors (Lipinski definition) is 3. The number of pyridine rings is 1. The summed E-state index contributed by atoms with van der Waals surface area (Å²) in [7, 11) is 0. The van der Waals surface area contributed by atoms with E-state index in [9.17, 15) is 0 Å². The Balaban J connectivity index is 1.62. The Morgan fingerprint density at radius 3 is 2.29 bits per heavy atom. The summed E-state index contributed by atoms with van der Waals surface area (Å²) in [5, 5.41) is 4.31. The number of rotatable bonds is 7. The van der Waals surface area contributed by atoms with Gasteiger partial charge in [-0.2, -0.15) is 0 Å². The zero-order chi connectivity index (χ0) is 27.0. The molecule has 38 heavy (non-hydrogen) atoms. The Morgan fingerprint density at radius 1 is 0.947 bits per heavy atom. The fourth-order valence-electron chi connectivity index (χ4n) is 5.61. The van der Waals surface area contributed by atoms with Crippen LogP contribution in [0.5, 0.6) is 0 Å². The quantitative estimate of drug-likeness (QED) is 0.225. The van der Waals surface area contributed by atoms with Crippen LogP contribution in [0.4, 0.5) is 11.4 Å². The molecule has 0 unspecified atom stereocenters. The van der Waals surface area contributed by atoms with Crippen molar-refractivity contribution in [3.05, 3.63) is 106 Å². The number of thiocarbonyl (C=S) groups is 1. The number of halogens is 1. The van der Waals surface area contributed by atoms with E-state index in [0.29, 0.717) is 5.11 Å². The SMILES string of the molecule is CCN(CC)c1ccc(-n2c(C)cc([C@@H]3[C@@H](c4ccccn4)NC(=S)N3c3ccc(Br)c(C)c3)c2C)cc1. The van der Waals surface area contributed by atoms with E-state index in [1.54, 1.807) is 0 Å². The van der Waals surface area contributed by atoms with E-state index in [-0.39, 0.29) is 12.1 Å². The number of benzene rings is 2. The zero-order valence-electron chi connectivity index (χ0n) is 22.6. The fourth-order valence-corrected chi connectivity index (χ4v) is 6.21. The van der Waals surface area contributed by atoms with Crippen LogP contribution >= 0.6 is 28.1 Å². The zero-order valence-corrected chi connectivity index (χ0v) is 25.0. The Kier molecular flexibility index (Phi) is 7.59. The van der Waals surface area contributed by atoms with Gasteiger partial charge in [-0.3, -0.25) is 4.98 Å². The van der Waals surface area contributed by atoms with Crippen molar-refractivity contribution in [2.45, 2.75) is 46.7 Å². The third-order valence-electron chi connectivity index (χ3n) is 7.54. The van der Waals surface area contributed by atoms with Gasteiger partial charge in [0.15, 0.2) is 5.11 Å². The smallest absolute Gasteiger partial charge is 0.174 e. The first-order valence-corrected chi connectivity index (χ1v) is 14.3. The molecule has 1 saturated heterocycles. The van der Waals surface area contributed by atoms with Crippen molar-refractivity contribution in [2.24, 2.45) is 0 Å². The van der Waals surface area contributed by atoms with Crippen LogP contribution in [0.15, 0.2) is 77.4 Å². The molecule has 2 aromatic carbocycles. The Hall–Kier alpha value is -3.16. The first kappa shape index (κ1) is 26.4. The predicted molar refractivity (Wildman–Crippen MR) is 166 cm³/mol. The van der Waals surface area contributed by atoms with Gasteiger partial charge >= 0.3 is 0 Å². The van der Waals surface area contributed by atoms with Gasteiger partial charge in [-0.25, -0.2) is 0 Å².